The van der Waals surface area contributed by atoms with Crippen LogP contribution in [0, 0.1) is 0 Å². The quantitative estimate of drug-likeness (QED) is 0.348. The number of hydrogen-bond acceptors (Lipinski definition) is 1. The minimum absolute atomic E-state index is 0.356. The lowest BCUT2D eigenvalue weighted by Crippen LogP contribution is -2.32. The molecule has 0 aliphatic carbocycles. The summed E-state index contributed by atoms with van der Waals surface area (Å²) in [5, 5.41) is 8.73. The van der Waals surface area contributed by atoms with Crippen molar-refractivity contribution in [1.82, 2.24) is 0 Å². The number of aliphatic hydroxyl groups excluding tert-OH is 1. The molecule has 1 aromatic rings. The lowest BCUT2D eigenvalue weighted by Gasteiger charge is -2.02. The zero-order valence-corrected chi connectivity index (χ0v) is 15.3. The van der Waals surface area contributed by atoms with Crippen molar-refractivity contribution in [2.75, 3.05) is 6.61 Å². The van der Waals surface area contributed by atoms with E-state index in [2.05, 4.69) is 36.0 Å². The molecule has 0 aromatic carbocycles. The van der Waals surface area contributed by atoms with Gasteiger partial charge in [0.2, 0.25) is 0 Å². The molecular weight excluding hydrogens is 282 g/mol. The highest BCUT2D eigenvalue weighted by Crippen LogP contribution is 2.09. The lowest BCUT2D eigenvalue weighted by molar-refractivity contribution is -0.697. The summed E-state index contributed by atoms with van der Waals surface area (Å²) < 4.78 is 2.33. The molecule has 0 unspecified atom stereocenters. The summed E-state index contributed by atoms with van der Waals surface area (Å²) in [6, 6.07) is 4.60. The van der Waals surface area contributed by atoms with Crippen molar-refractivity contribution in [3.63, 3.8) is 0 Å². The first kappa shape index (κ1) is 20.2. The zero-order valence-electron chi connectivity index (χ0n) is 15.3. The molecule has 0 atom stereocenters. The van der Waals surface area contributed by atoms with E-state index in [0.29, 0.717) is 6.61 Å². The molecule has 0 saturated heterocycles. The van der Waals surface area contributed by atoms with Gasteiger partial charge in [-0.3, -0.25) is 0 Å². The van der Waals surface area contributed by atoms with Crippen LogP contribution in [-0.4, -0.2) is 11.7 Å². The third-order valence-corrected chi connectivity index (χ3v) is 4.60. The van der Waals surface area contributed by atoms with Crippen molar-refractivity contribution in [3.05, 3.63) is 30.1 Å². The Balaban J connectivity index is 2.00. The molecule has 0 bridgehead atoms. The molecule has 1 N–H and O–H groups in total. The van der Waals surface area contributed by atoms with Gasteiger partial charge < -0.3 is 5.11 Å². The van der Waals surface area contributed by atoms with Crippen LogP contribution in [0.5, 0.6) is 0 Å². The van der Waals surface area contributed by atoms with Crippen LogP contribution in [0.15, 0.2) is 24.5 Å². The van der Waals surface area contributed by atoms with E-state index in [1.807, 2.05) is 0 Å². The molecule has 23 heavy (non-hydrogen) atoms. The van der Waals surface area contributed by atoms with Crippen molar-refractivity contribution in [2.45, 2.75) is 96.9 Å². The van der Waals surface area contributed by atoms with Crippen molar-refractivity contribution < 1.29 is 9.67 Å². The summed E-state index contributed by atoms with van der Waals surface area (Å²) in [6.45, 7) is 3.78. The normalized spacial score (nSPS) is 11.0. The number of rotatable bonds is 15. The van der Waals surface area contributed by atoms with Gasteiger partial charge in [-0.2, -0.15) is 0 Å². The molecule has 0 amide bonds. The minimum Gasteiger partial charge on any atom is -0.396 e. The Bertz CT molecular complexity index is 361. The fourth-order valence-corrected chi connectivity index (χ4v) is 3.03. The van der Waals surface area contributed by atoms with E-state index in [0.717, 1.165) is 13.0 Å². The van der Waals surface area contributed by atoms with Crippen molar-refractivity contribution in [1.29, 1.82) is 0 Å². The van der Waals surface area contributed by atoms with Crippen LogP contribution in [-0.2, 0) is 13.0 Å². The van der Waals surface area contributed by atoms with Crippen LogP contribution in [0.4, 0.5) is 0 Å². The molecule has 2 nitrogen and oxygen atoms in total. The SMILES string of the molecule is CCCCCCc1cc[n+](CCCCCCCCCCO)cc1. The number of aliphatic hydroxyl groups is 1. The zero-order chi connectivity index (χ0) is 16.6. The van der Waals surface area contributed by atoms with Crippen molar-refractivity contribution in [3.8, 4) is 0 Å². The van der Waals surface area contributed by atoms with Crippen LogP contribution in [0.3, 0.4) is 0 Å². The molecule has 0 saturated carbocycles. The average molecular weight is 321 g/mol. The van der Waals surface area contributed by atoms with Crippen LogP contribution in [0.1, 0.15) is 89.5 Å². The fourth-order valence-electron chi connectivity index (χ4n) is 3.03. The largest absolute Gasteiger partial charge is 0.396 e. The second-order valence-electron chi connectivity index (χ2n) is 6.81. The van der Waals surface area contributed by atoms with Gasteiger partial charge in [-0.05, 0) is 31.2 Å². The first-order valence-corrected chi connectivity index (χ1v) is 9.95. The second-order valence-corrected chi connectivity index (χ2v) is 6.81. The summed E-state index contributed by atoms with van der Waals surface area (Å²) in [5.41, 5.74) is 1.49. The van der Waals surface area contributed by atoms with E-state index in [9.17, 15) is 0 Å². The molecule has 0 aliphatic heterocycles. The third kappa shape index (κ3) is 11.3. The van der Waals surface area contributed by atoms with Crippen LogP contribution in [0.25, 0.3) is 0 Å². The van der Waals surface area contributed by atoms with Crippen molar-refractivity contribution in [2.24, 2.45) is 0 Å². The molecule has 0 fully saturated rings. The van der Waals surface area contributed by atoms with E-state index >= 15 is 0 Å². The van der Waals surface area contributed by atoms with Gasteiger partial charge in [0.05, 0.1) is 0 Å². The molecule has 0 spiro atoms. The van der Waals surface area contributed by atoms with Gasteiger partial charge in [-0.1, -0.05) is 58.3 Å². The number of unbranched alkanes of at least 4 members (excludes halogenated alkanes) is 10. The van der Waals surface area contributed by atoms with Gasteiger partial charge in [0.25, 0.3) is 0 Å². The maximum atomic E-state index is 8.73. The standard InChI is InChI=1S/C21H38NO/c1-2-3-4-11-14-21-15-18-22(19-16-21)17-12-9-7-5-6-8-10-13-20-23/h15-16,18-19,23H,2-14,17,20H2,1H3/q+1. The van der Waals surface area contributed by atoms with E-state index in [4.69, 9.17) is 5.11 Å². The summed E-state index contributed by atoms with van der Waals surface area (Å²) in [7, 11) is 0. The Morgan fingerprint density at radius 1 is 0.739 bits per heavy atom. The first-order valence-electron chi connectivity index (χ1n) is 9.95. The number of aromatic nitrogens is 1. The van der Waals surface area contributed by atoms with Crippen LogP contribution in [0.2, 0.25) is 0 Å². The van der Waals surface area contributed by atoms with Crippen LogP contribution >= 0.6 is 0 Å². The Labute approximate surface area is 143 Å². The monoisotopic (exact) mass is 320 g/mol. The van der Waals surface area contributed by atoms with E-state index < -0.39 is 0 Å². The highest BCUT2D eigenvalue weighted by molar-refractivity contribution is 5.07. The molecule has 1 heterocycles. The Morgan fingerprint density at radius 2 is 1.30 bits per heavy atom. The average Bonchev–Trinajstić information content (AvgIpc) is 2.58. The highest BCUT2D eigenvalue weighted by atomic mass is 16.2. The predicted molar refractivity (Wildman–Crippen MR) is 98.5 cm³/mol. The Kier molecular flexibility index (Phi) is 12.9. The van der Waals surface area contributed by atoms with E-state index in [-0.39, 0.29) is 0 Å². The van der Waals surface area contributed by atoms with Crippen molar-refractivity contribution >= 4 is 0 Å². The molecule has 1 aromatic heterocycles. The fraction of sp³-hybridized carbons (Fsp3) is 0.762. The number of nitrogens with zero attached hydrogens (tertiary/aromatic N) is 1. The summed E-state index contributed by atoms with van der Waals surface area (Å²) in [6.07, 6.45) is 21.3. The molecule has 132 valence electrons. The van der Waals surface area contributed by atoms with Crippen LogP contribution < -0.4 is 4.57 Å². The van der Waals surface area contributed by atoms with Gasteiger partial charge in [0.15, 0.2) is 12.4 Å². The molecule has 2 heteroatoms. The van der Waals surface area contributed by atoms with Gasteiger partial charge in [-0.25, -0.2) is 4.57 Å². The summed E-state index contributed by atoms with van der Waals surface area (Å²) >= 11 is 0. The summed E-state index contributed by atoms with van der Waals surface area (Å²) in [4.78, 5) is 0. The first-order chi connectivity index (χ1) is 11.4. The van der Waals surface area contributed by atoms with Gasteiger partial charge >= 0.3 is 0 Å². The Morgan fingerprint density at radius 3 is 1.91 bits per heavy atom. The van der Waals surface area contributed by atoms with Gasteiger partial charge in [0, 0.05) is 25.2 Å². The smallest absolute Gasteiger partial charge is 0.169 e. The number of hydrogen-bond donors (Lipinski definition) is 1. The maximum absolute atomic E-state index is 8.73. The second kappa shape index (κ2) is 14.7. The van der Waals surface area contributed by atoms with E-state index in [1.54, 1.807) is 0 Å². The van der Waals surface area contributed by atoms with Gasteiger partial charge in [0.1, 0.15) is 6.54 Å². The van der Waals surface area contributed by atoms with E-state index in [1.165, 1.54) is 82.6 Å². The third-order valence-electron chi connectivity index (χ3n) is 4.60. The predicted octanol–water partition coefficient (Wildman–Crippen LogP) is 5.21. The minimum atomic E-state index is 0.356. The maximum Gasteiger partial charge on any atom is 0.169 e. The lowest BCUT2D eigenvalue weighted by atomic mass is 10.1. The number of aryl methyl sites for hydroxylation is 2. The molecular formula is C21H38NO+. The molecule has 0 radical (unpaired) electrons. The number of pyridine rings is 1. The molecule has 1 rings (SSSR count). The summed E-state index contributed by atoms with van der Waals surface area (Å²) in [5.74, 6) is 0. The molecule has 0 aliphatic rings. The van der Waals surface area contributed by atoms with Gasteiger partial charge in [-0.15, -0.1) is 0 Å². The highest BCUT2D eigenvalue weighted by Gasteiger charge is 2.01. The Hall–Kier alpha value is -0.890. The topological polar surface area (TPSA) is 24.1 Å².